The molecule has 1 aliphatic carbocycles. The van der Waals surface area contributed by atoms with Crippen molar-refractivity contribution < 1.29 is 18.0 Å². The second kappa shape index (κ2) is 8.49. The molecule has 1 atom stereocenters. The summed E-state index contributed by atoms with van der Waals surface area (Å²) in [4.78, 5) is 26.4. The van der Waals surface area contributed by atoms with E-state index in [1.165, 1.54) is 33.4 Å². The van der Waals surface area contributed by atoms with Crippen molar-refractivity contribution in [2.45, 2.75) is 43.9 Å². The maximum absolute atomic E-state index is 12.7. The minimum atomic E-state index is -3.61. The van der Waals surface area contributed by atoms with Gasteiger partial charge in [-0.2, -0.15) is 4.31 Å². The summed E-state index contributed by atoms with van der Waals surface area (Å²) in [7, 11) is -3.61. The molecule has 2 N–H and O–H groups in total. The number of nitrogens with zero attached hydrogens (tertiary/aromatic N) is 1. The quantitative estimate of drug-likeness (QED) is 0.705. The third-order valence-electron chi connectivity index (χ3n) is 5.73. The number of amides is 2. The zero-order chi connectivity index (χ0) is 21.3. The van der Waals surface area contributed by atoms with Crippen LogP contribution in [0.15, 0.2) is 34.5 Å². The van der Waals surface area contributed by atoms with Crippen LogP contribution in [0.1, 0.15) is 57.3 Å². The highest BCUT2D eigenvalue weighted by Gasteiger charge is 2.28. The van der Waals surface area contributed by atoms with E-state index in [0.29, 0.717) is 24.6 Å². The molecule has 4 rings (SSSR count). The van der Waals surface area contributed by atoms with Gasteiger partial charge in [0.25, 0.3) is 11.8 Å². The molecule has 2 aliphatic rings. The van der Waals surface area contributed by atoms with Crippen LogP contribution in [0, 0.1) is 5.92 Å². The fourth-order valence-corrected chi connectivity index (χ4v) is 6.80. The summed E-state index contributed by atoms with van der Waals surface area (Å²) in [6.45, 7) is 3.21. The summed E-state index contributed by atoms with van der Waals surface area (Å²) in [6, 6.07) is 5.90. The summed E-state index contributed by atoms with van der Waals surface area (Å²) < 4.78 is 26.9. The molecule has 1 saturated heterocycles. The lowest BCUT2D eigenvalue weighted by Gasteiger charge is -2.19. The van der Waals surface area contributed by atoms with Gasteiger partial charge in [-0.3, -0.25) is 20.4 Å². The van der Waals surface area contributed by atoms with E-state index in [1.807, 2.05) is 5.38 Å². The number of sulfonamides is 1. The standard InChI is InChI=1S/C21H25N3O4S2/c1-14-7-8-17-18(13-29-19(17)11-14)21(26)23-22-20(25)15-5-4-6-16(12-15)30(27,28)24-9-2-3-10-24/h4-6,12-14H,2-3,7-11H2,1H3,(H,22,25)(H,23,26). The Bertz CT molecular complexity index is 1070. The van der Waals surface area contributed by atoms with Gasteiger partial charge in [0.15, 0.2) is 0 Å². The van der Waals surface area contributed by atoms with Crippen molar-refractivity contribution in [3.05, 3.63) is 51.2 Å². The normalized spacial score (nSPS) is 19.3. The van der Waals surface area contributed by atoms with Crippen LogP contribution < -0.4 is 10.9 Å². The fourth-order valence-electron chi connectivity index (χ4n) is 4.00. The Morgan fingerprint density at radius 1 is 1.13 bits per heavy atom. The summed E-state index contributed by atoms with van der Waals surface area (Å²) >= 11 is 1.59. The Morgan fingerprint density at radius 3 is 2.63 bits per heavy atom. The lowest BCUT2D eigenvalue weighted by atomic mass is 9.88. The average molecular weight is 448 g/mol. The van der Waals surface area contributed by atoms with E-state index in [1.54, 1.807) is 11.3 Å². The summed E-state index contributed by atoms with van der Waals surface area (Å²) in [6.07, 6.45) is 4.59. The van der Waals surface area contributed by atoms with Gasteiger partial charge in [-0.1, -0.05) is 13.0 Å². The summed E-state index contributed by atoms with van der Waals surface area (Å²) in [5.74, 6) is -0.285. The van der Waals surface area contributed by atoms with E-state index in [2.05, 4.69) is 17.8 Å². The number of hydrogen-bond donors (Lipinski definition) is 2. The Morgan fingerprint density at radius 2 is 1.87 bits per heavy atom. The van der Waals surface area contributed by atoms with Gasteiger partial charge in [-0.05, 0) is 61.8 Å². The van der Waals surface area contributed by atoms with Gasteiger partial charge in [-0.25, -0.2) is 8.42 Å². The van der Waals surface area contributed by atoms with Crippen molar-refractivity contribution in [2.24, 2.45) is 5.92 Å². The van der Waals surface area contributed by atoms with Crippen LogP contribution in [0.3, 0.4) is 0 Å². The van der Waals surface area contributed by atoms with Crippen molar-refractivity contribution in [2.75, 3.05) is 13.1 Å². The average Bonchev–Trinajstić information content (AvgIpc) is 3.42. The Labute approximate surface area is 180 Å². The maximum atomic E-state index is 12.7. The van der Waals surface area contributed by atoms with Gasteiger partial charge >= 0.3 is 0 Å². The van der Waals surface area contributed by atoms with Crippen LogP contribution >= 0.6 is 11.3 Å². The van der Waals surface area contributed by atoms with E-state index < -0.39 is 15.9 Å². The first kappa shape index (κ1) is 21.0. The van der Waals surface area contributed by atoms with Crippen LogP contribution in [-0.2, 0) is 22.9 Å². The zero-order valence-corrected chi connectivity index (χ0v) is 18.4. The highest BCUT2D eigenvalue weighted by Crippen LogP contribution is 2.32. The molecule has 1 aliphatic heterocycles. The largest absolute Gasteiger partial charge is 0.270 e. The highest BCUT2D eigenvalue weighted by molar-refractivity contribution is 7.89. The molecular formula is C21H25N3O4S2. The first-order chi connectivity index (χ1) is 14.4. The number of benzene rings is 1. The molecule has 30 heavy (non-hydrogen) atoms. The Hall–Kier alpha value is -2.23. The van der Waals surface area contributed by atoms with Crippen molar-refractivity contribution >= 4 is 33.2 Å². The summed E-state index contributed by atoms with van der Waals surface area (Å²) in [5, 5.41) is 1.84. The summed E-state index contributed by atoms with van der Waals surface area (Å²) in [5.41, 5.74) is 6.73. The number of rotatable bonds is 4. The first-order valence-corrected chi connectivity index (χ1v) is 12.5. The number of thiophene rings is 1. The lowest BCUT2D eigenvalue weighted by molar-refractivity contribution is 0.0846. The van der Waals surface area contributed by atoms with Gasteiger partial charge in [0.2, 0.25) is 10.0 Å². The molecule has 2 amide bonds. The van der Waals surface area contributed by atoms with Gasteiger partial charge in [0.05, 0.1) is 10.5 Å². The number of hydrogen-bond acceptors (Lipinski definition) is 5. The van der Waals surface area contributed by atoms with Gasteiger partial charge in [0, 0.05) is 28.9 Å². The van der Waals surface area contributed by atoms with Crippen molar-refractivity contribution in [1.82, 2.24) is 15.2 Å². The van der Waals surface area contributed by atoms with Crippen molar-refractivity contribution in [3.8, 4) is 0 Å². The van der Waals surface area contributed by atoms with E-state index in [0.717, 1.165) is 37.7 Å². The van der Waals surface area contributed by atoms with Crippen LogP contribution in [-0.4, -0.2) is 37.6 Å². The Balaban J connectivity index is 1.43. The maximum Gasteiger partial charge on any atom is 0.270 e. The second-order valence-electron chi connectivity index (χ2n) is 7.95. The van der Waals surface area contributed by atoms with Crippen LogP contribution in [0.25, 0.3) is 0 Å². The van der Waals surface area contributed by atoms with E-state index in [4.69, 9.17) is 0 Å². The molecule has 0 saturated carbocycles. The molecule has 7 nitrogen and oxygen atoms in total. The van der Waals surface area contributed by atoms with Crippen molar-refractivity contribution in [3.63, 3.8) is 0 Å². The number of nitrogens with one attached hydrogen (secondary N) is 2. The molecule has 0 bridgehead atoms. The van der Waals surface area contributed by atoms with Gasteiger partial charge in [-0.15, -0.1) is 11.3 Å². The molecule has 2 heterocycles. The van der Waals surface area contributed by atoms with Crippen molar-refractivity contribution in [1.29, 1.82) is 0 Å². The number of carbonyl (C=O) groups excluding carboxylic acids is 2. The minimum absolute atomic E-state index is 0.0874. The zero-order valence-electron chi connectivity index (χ0n) is 16.8. The molecule has 2 aromatic rings. The molecule has 0 spiro atoms. The third-order valence-corrected chi connectivity index (χ3v) is 8.68. The molecule has 160 valence electrons. The predicted molar refractivity (Wildman–Crippen MR) is 115 cm³/mol. The third kappa shape index (κ3) is 4.14. The van der Waals surface area contributed by atoms with E-state index >= 15 is 0 Å². The molecule has 0 radical (unpaired) electrons. The highest BCUT2D eigenvalue weighted by atomic mass is 32.2. The molecule has 1 unspecified atom stereocenters. The number of fused-ring (bicyclic) bond motifs is 1. The molecule has 1 aromatic heterocycles. The molecule has 9 heteroatoms. The number of carbonyl (C=O) groups is 2. The first-order valence-electron chi connectivity index (χ1n) is 10.2. The van der Waals surface area contributed by atoms with Crippen LogP contribution in [0.5, 0.6) is 0 Å². The van der Waals surface area contributed by atoms with Crippen LogP contribution in [0.2, 0.25) is 0 Å². The van der Waals surface area contributed by atoms with Gasteiger partial charge in [0.1, 0.15) is 0 Å². The molecular weight excluding hydrogens is 422 g/mol. The SMILES string of the molecule is CC1CCc2c(C(=O)NNC(=O)c3cccc(S(=O)(=O)N4CCCC4)c3)csc2C1. The van der Waals surface area contributed by atoms with Crippen LogP contribution in [0.4, 0.5) is 0 Å². The number of hydrazine groups is 1. The smallest absolute Gasteiger partial charge is 0.267 e. The topological polar surface area (TPSA) is 95.6 Å². The minimum Gasteiger partial charge on any atom is -0.267 e. The Kier molecular flexibility index (Phi) is 5.95. The van der Waals surface area contributed by atoms with Gasteiger partial charge < -0.3 is 0 Å². The van der Waals surface area contributed by atoms with E-state index in [9.17, 15) is 18.0 Å². The van der Waals surface area contributed by atoms with E-state index in [-0.39, 0.29) is 16.4 Å². The lowest BCUT2D eigenvalue weighted by Crippen LogP contribution is -2.42. The predicted octanol–water partition coefficient (Wildman–Crippen LogP) is 2.73. The monoisotopic (exact) mass is 447 g/mol. The molecule has 1 aromatic carbocycles. The fraction of sp³-hybridized carbons (Fsp3) is 0.429. The molecule has 1 fully saturated rings. The second-order valence-corrected chi connectivity index (χ2v) is 10.8.